The lowest BCUT2D eigenvalue weighted by atomic mass is 9.97. The Balaban J connectivity index is 0.000000302. The van der Waals surface area contributed by atoms with Crippen LogP contribution in [0.15, 0.2) is 21.2 Å². The maximum atomic E-state index is 9.91. The number of aldehydes is 1. The van der Waals surface area contributed by atoms with E-state index < -0.39 is 12.0 Å². The van der Waals surface area contributed by atoms with Crippen molar-refractivity contribution < 1.29 is 19.1 Å². The molecule has 0 saturated heterocycles. The zero-order chi connectivity index (χ0) is 17.0. The van der Waals surface area contributed by atoms with Crippen molar-refractivity contribution in [2.45, 2.75) is 44.2 Å². The molecule has 2 rings (SSSR count). The molecule has 0 bridgehead atoms. The highest BCUT2D eigenvalue weighted by Crippen LogP contribution is 2.14. The van der Waals surface area contributed by atoms with Crippen molar-refractivity contribution >= 4 is 28.2 Å². The average Bonchev–Trinajstić information content (AvgIpc) is 2.94. The third-order valence-corrected chi connectivity index (χ3v) is 3.36. The van der Waals surface area contributed by atoms with E-state index in [0.29, 0.717) is 22.8 Å². The minimum Gasteiger partial charge on any atom is -0.480 e. The zero-order valence-electron chi connectivity index (χ0n) is 12.4. The van der Waals surface area contributed by atoms with E-state index in [1.165, 1.54) is 32.1 Å². The summed E-state index contributed by atoms with van der Waals surface area (Å²) in [6, 6.07) is 2.90. The highest BCUT2D eigenvalue weighted by molar-refractivity contribution is 9.10. The predicted molar refractivity (Wildman–Crippen MR) is 87.5 cm³/mol. The Morgan fingerprint density at radius 3 is 2.18 bits per heavy atom. The zero-order valence-corrected chi connectivity index (χ0v) is 14.0. The molecule has 22 heavy (non-hydrogen) atoms. The van der Waals surface area contributed by atoms with Gasteiger partial charge in [-0.15, -0.1) is 0 Å². The van der Waals surface area contributed by atoms with E-state index in [1.807, 2.05) is 0 Å². The molecule has 0 spiro atoms. The third-order valence-electron chi connectivity index (χ3n) is 2.93. The minimum atomic E-state index is -1.05. The molecule has 126 valence electrons. The van der Waals surface area contributed by atoms with Gasteiger partial charge in [0.05, 0.1) is 0 Å². The van der Waals surface area contributed by atoms with E-state index in [9.17, 15) is 9.59 Å². The highest BCUT2D eigenvalue weighted by atomic mass is 79.9. The molecule has 1 aliphatic carbocycles. The van der Waals surface area contributed by atoms with E-state index in [0.717, 1.165) is 0 Å². The number of nitrogens with two attached hydrogens (primary N) is 3. The molecule has 8 heteroatoms. The Bertz CT molecular complexity index is 433. The van der Waals surface area contributed by atoms with Gasteiger partial charge in [-0.3, -0.25) is 9.59 Å². The topological polar surface area (TPSA) is 146 Å². The molecule has 0 aliphatic heterocycles. The molecule has 0 unspecified atom stereocenters. The van der Waals surface area contributed by atoms with Crippen LogP contribution in [0.4, 0.5) is 0 Å². The van der Waals surface area contributed by atoms with Crippen LogP contribution in [0, 0.1) is 0 Å². The largest absolute Gasteiger partial charge is 0.480 e. The summed E-state index contributed by atoms with van der Waals surface area (Å²) in [5.41, 5.74) is 15.4. The molecule has 7 N–H and O–H groups in total. The Morgan fingerprint density at radius 1 is 1.41 bits per heavy atom. The highest BCUT2D eigenvalue weighted by Gasteiger charge is 2.06. The first kappa shape index (κ1) is 20.8. The Morgan fingerprint density at radius 2 is 2.00 bits per heavy atom. The molecule has 0 aromatic carbocycles. The summed E-state index contributed by atoms with van der Waals surface area (Å²) in [6.45, 7) is -0.00463. The number of halogens is 1. The second kappa shape index (κ2) is 12.3. The molecule has 1 aromatic rings. The maximum absolute atomic E-state index is 9.91. The van der Waals surface area contributed by atoms with Gasteiger partial charge in [-0.2, -0.15) is 0 Å². The van der Waals surface area contributed by atoms with Crippen molar-refractivity contribution in [1.29, 1.82) is 0 Å². The van der Waals surface area contributed by atoms with Crippen LogP contribution >= 0.6 is 15.9 Å². The van der Waals surface area contributed by atoms with Crippen molar-refractivity contribution in [1.82, 2.24) is 0 Å². The fourth-order valence-electron chi connectivity index (χ4n) is 1.63. The van der Waals surface area contributed by atoms with Crippen molar-refractivity contribution in [2.24, 2.45) is 17.2 Å². The summed E-state index contributed by atoms with van der Waals surface area (Å²) >= 11 is 3.05. The van der Waals surface area contributed by atoms with Gasteiger partial charge < -0.3 is 26.7 Å². The lowest BCUT2D eigenvalue weighted by molar-refractivity contribution is -0.138. The fourth-order valence-corrected chi connectivity index (χ4v) is 1.95. The van der Waals surface area contributed by atoms with Crippen LogP contribution in [0.25, 0.3) is 0 Å². The average molecular weight is 378 g/mol. The minimum absolute atomic E-state index is 0.00463. The molecule has 1 aliphatic rings. The van der Waals surface area contributed by atoms with Gasteiger partial charge in [-0.1, -0.05) is 19.3 Å². The number of rotatable bonds is 3. The van der Waals surface area contributed by atoms with Gasteiger partial charge in [0, 0.05) is 12.6 Å². The van der Waals surface area contributed by atoms with Crippen molar-refractivity contribution in [3.05, 3.63) is 22.6 Å². The molecule has 7 nitrogen and oxygen atoms in total. The standard InChI is InChI=1S/C6H13N.C5H3BrO2.C3H8N2O2/c7-6-4-2-1-3-5-6;6-5-2-1-4(3-7)8-5;4-1-2(5)3(6)7/h6H,1-5,7H2;1-3H;2H,1,4-5H2,(H,6,7)/t;;2-/m..0/s1. The molecule has 1 aromatic heterocycles. The number of carbonyl (C=O) groups is 2. The molecular formula is C14H24BrN3O4. The van der Waals surface area contributed by atoms with Crippen LogP contribution < -0.4 is 17.2 Å². The number of carboxylic acids is 1. The van der Waals surface area contributed by atoms with Crippen molar-refractivity contribution in [2.75, 3.05) is 6.54 Å². The maximum Gasteiger partial charge on any atom is 0.321 e. The summed E-state index contributed by atoms with van der Waals surface area (Å²) in [4.78, 5) is 19.6. The van der Waals surface area contributed by atoms with E-state index in [-0.39, 0.29) is 6.54 Å². The summed E-state index contributed by atoms with van der Waals surface area (Å²) in [5.74, 6) is -0.709. The summed E-state index contributed by atoms with van der Waals surface area (Å²) in [6.07, 6.45) is 7.32. The third kappa shape index (κ3) is 10.5. The molecule has 1 atom stereocenters. The molecule has 1 saturated carbocycles. The van der Waals surface area contributed by atoms with Crippen LogP contribution in [-0.2, 0) is 4.79 Å². The van der Waals surface area contributed by atoms with Crippen LogP contribution in [0.3, 0.4) is 0 Å². The quantitative estimate of drug-likeness (QED) is 0.583. The monoisotopic (exact) mass is 377 g/mol. The van der Waals surface area contributed by atoms with Crippen LogP contribution in [-0.4, -0.2) is 36.0 Å². The summed E-state index contributed by atoms with van der Waals surface area (Å²) < 4.78 is 5.36. The smallest absolute Gasteiger partial charge is 0.321 e. The number of carbonyl (C=O) groups excluding carboxylic acids is 1. The molecule has 1 fully saturated rings. The summed E-state index contributed by atoms with van der Waals surface area (Å²) in [7, 11) is 0. The van der Waals surface area contributed by atoms with E-state index in [2.05, 4.69) is 15.9 Å². The van der Waals surface area contributed by atoms with Crippen molar-refractivity contribution in [3.63, 3.8) is 0 Å². The van der Waals surface area contributed by atoms with E-state index >= 15 is 0 Å². The first-order valence-electron chi connectivity index (χ1n) is 7.05. The van der Waals surface area contributed by atoms with Crippen LogP contribution in [0.2, 0.25) is 0 Å². The lowest BCUT2D eigenvalue weighted by Gasteiger charge is -2.15. The Labute approximate surface area is 138 Å². The van der Waals surface area contributed by atoms with Gasteiger partial charge in [0.15, 0.2) is 16.7 Å². The summed E-state index contributed by atoms with van der Waals surface area (Å²) in [5, 5.41) is 7.98. The molecule has 0 amide bonds. The number of aliphatic carboxylic acids is 1. The molecule has 0 radical (unpaired) electrons. The predicted octanol–water partition coefficient (Wildman–Crippen LogP) is 1.49. The normalized spacial score (nSPS) is 15.6. The lowest BCUT2D eigenvalue weighted by Crippen LogP contribution is -2.37. The Kier molecular flexibility index (Phi) is 11.7. The van der Waals surface area contributed by atoms with Gasteiger partial charge in [0.1, 0.15) is 6.04 Å². The van der Waals surface area contributed by atoms with E-state index in [4.69, 9.17) is 26.7 Å². The first-order chi connectivity index (χ1) is 10.4. The van der Waals surface area contributed by atoms with Gasteiger partial charge in [0.25, 0.3) is 0 Å². The van der Waals surface area contributed by atoms with Gasteiger partial charge in [-0.05, 0) is 40.9 Å². The second-order valence-electron chi connectivity index (χ2n) is 4.84. The SMILES string of the molecule is NC1CCCCC1.NC[C@H](N)C(=O)O.O=Cc1ccc(Br)o1. The number of hydrogen-bond donors (Lipinski definition) is 4. The van der Waals surface area contributed by atoms with Crippen molar-refractivity contribution in [3.8, 4) is 0 Å². The van der Waals surface area contributed by atoms with Gasteiger partial charge >= 0.3 is 5.97 Å². The van der Waals surface area contributed by atoms with Gasteiger partial charge in [0.2, 0.25) is 0 Å². The second-order valence-corrected chi connectivity index (χ2v) is 5.62. The fraction of sp³-hybridized carbons (Fsp3) is 0.571. The molecule has 1 heterocycles. The van der Waals surface area contributed by atoms with E-state index in [1.54, 1.807) is 12.1 Å². The number of carboxylic acid groups (broad SMARTS) is 1. The van der Waals surface area contributed by atoms with Crippen LogP contribution in [0.1, 0.15) is 42.7 Å². The Hall–Kier alpha value is -1.22. The number of furan rings is 1. The van der Waals surface area contributed by atoms with Gasteiger partial charge in [-0.25, -0.2) is 0 Å². The number of hydrogen-bond acceptors (Lipinski definition) is 6. The van der Waals surface area contributed by atoms with Crippen LogP contribution in [0.5, 0.6) is 0 Å². The molecular weight excluding hydrogens is 354 g/mol. The first-order valence-corrected chi connectivity index (χ1v) is 7.84.